The van der Waals surface area contributed by atoms with Gasteiger partial charge in [-0.3, -0.25) is 11.3 Å². The summed E-state index contributed by atoms with van der Waals surface area (Å²) in [5.41, 5.74) is 2.41. The molecule has 0 aliphatic carbocycles. The van der Waals surface area contributed by atoms with Crippen LogP contribution < -0.4 is 11.3 Å². The molecule has 18 heavy (non-hydrogen) atoms. The van der Waals surface area contributed by atoms with E-state index in [9.17, 15) is 13.2 Å². The van der Waals surface area contributed by atoms with Gasteiger partial charge in [0.1, 0.15) is 0 Å². The third-order valence-electron chi connectivity index (χ3n) is 3.17. The highest BCUT2D eigenvalue weighted by Gasteiger charge is 2.29. The van der Waals surface area contributed by atoms with Crippen LogP contribution in [0.1, 0.15) is 30.9 Å². The van der Waals surface area contributed by atoms with Gasteiger partial charge >= 0.3 is 0 Å². The molecule has 3 nitrogen and oxygen atoms in total. The lowest BCUT2D eigenvalue weighted by atomic mass is 9.95. The summed E-state index contributed by atoms with van der Waals surface area (Å²) >= 11 is 0. The predicted molar refractivity (Wildman–Crippen MR) is 60.0 cm³/mol. The topological polar surface area (TPSA) is 47.3 Å². The maximum atomic E-state index is 13.7. The molecule has 2 rings (SSSR count). The Morgan fingerprint density at radius 2 is 2.00 bits per heavy atom. The lowest BCUT2D eigenvalue weighted by Gasteiger charge is -2.30. The molecule has 1 fully saturated rings. The first-order valence-corrected chi connectivity index (χ1v) is 5.86. The lowest BCUT2D eigenvalue weighted by Crippen LogP contribution is -2.40. The normalized spacial score (nSPS) is 21.9. The Balaban J connectivity index is 2.29. The third kappa shape index (κ3) is 2.50. The fourth-order valence-corrected chi connectivity index (χ4v) is 2.21. The Bertz CT molecular complexity index is 422. The van der Waals surface area contributed by atoms with E-state index in [1.807, 2.05) is 0 Å². The van der Waals surface area contributed by atoms with Crippen LogP contribution in [0, 0.1) is 17.5 Å². The molecule has 0 spiro atoms. The third-order valence-corrected chi connectivity index (χ3v) is 3.17. The van der Waals surface area contributed by atoms with E-state index in [1.165, 1.54) is 6.07 Å². The number of hydrazine groups is 1. The number of nitrogens with two attached hydrogens (primary N) is 1. The minimum absolute atomic E-state index is 0.0108. The van der Waals surface area contributed by atoms with Crippen LogP contribution in [-0.2, 0) is 4.74 Å². The van der Waals surface area contributed by atoms with Crippen molar-refractivity contribution in [3.63, 3.8) is 0 Å². The molecule has 0 aromatic heterocycles. The molecule has 0 amide bonds. The van der Waals surface area contributed by atoms with E-state index >= 15 is 0 Å². The van der Waals surface area contributed by atoms with Crippen molar-refractivity contribution in [3.05, 3.63) is 35.1 Å². The van der Waals surface area contributed by atoms with Crippen molar-refractivity contribution in [1.29, 1.82) is 0 Å². The molecule has 0 bridgehead atoms. The zero-order valence-corrected chi connectivity index (χ0v) is 9.76. The fourth-order valence-electron chi connectivity index (χ4n) is 2.21. The molecule has 1 heterocycles. The van der Waals surface area contributed by atoms with Crippen LogP contribution in [0.4, 0.5) is 13.2 Å². The minimum atomic E-state index is -1.48. The highest BCUT2D eigenvalue weighted by Crippen LogP contribution is 2.29. The van der Waals surface area contributed by atoms with Crippen molar-refractivity contribution in [1.82, 2.24) is 5.43 Å². The van der Waals surface area contributed by atoms with Crippen molar-refractivity contribution < 1.29 is 17.9 Å². The molecule has 2 atom stereocenters. The van der Waals surface area contributed by atoms with E-state index in [1.54, 1.807) is 0 Å². The van der Waals surface area contributed by atoms with Crippen molar-refractivity contribution in [2.24, 2.45) is 5.84 Å². The van der Waals surface area contributed by atoms with E-state index in [0.29, 0.717) is 13.0 Å². The van der Waals surface area contributed by atoms with Gasteiger partial charge in [-0.05, 0) is 25.3 Å². The van der Waals surface area contributed by atoms with E-state index in [2.05, 4.69) is 5.43 Å². The first-order valence-electron chi connectivity index (χ1n) is 5.86. The van der Waals surface area contributed by atoms with Crippen LogP contribution in [0.2, 0.25) is 0 Å². The molecule has 100 valence electrons. The predicted octanol–water partition coefficient (Wildman–Crippen LogP) is 2.18. The number of nitrogens with one attached hydrogen (secondary N) is 1. The Kier molecular flexibility index (Phi) is 4.21. The summed E-state index contributed by atoms with van der Waals surface area (Å²) in [5, 5.41) is 0. The molecular formula is C12H15F3N2O. The Morgan fingerprint density at radius 3 is 2.61 bits per heavy atom. The molecule has 0 radical (unpaired) electrons. The molecule has 0 saturated carbocycles. The molecule has 1 aliphatic heterocycles. The minimum Gasteiger partial charge on any atom is -0.376 e. The quantitative estimate of drug-likeness (QED) is 0.497. The number of rotatable bonds is 3. The van der Waals surface area contributed by atoms with Crippen molar-refractivity contribution in [2.45, 2.75) is 31.4 Å². The number of hydrogen-bond donors (Lipinski definition) is 2. The highest BCUT2D eigenvalue weighted by molar-refractivity contribution is 5.24. The van der Waals surface area contributed by atoms with Gasteiger partial charge in [0, 0.05) is 12.2 Å². The molecule has 1 saturated heterocycles. The second-order valence-electron chi connectivity index (χ2n) is 4.31. The van der Waals surface area contributed by atoms with Gasteiger partial charge in [-0.2, -0.15) is 0 Å². The van der Waals surface area contributed by atoms with Crippen LogP contribution in [-0.4, -0.2) is 12.7 Å². The molecule has 1 aromatic carbocycles. The van der Waals surface area contributed by atoms with E-state index < -0.39 is 23.5 Å². The van der Waals surface area contributed by atoms with E-state index in [0.717, 1.165) is 18.9 Å². The second-order valence-corrected chi connectivity index (χ2v) is 4.31. The molecular weight excluding hydrogens is 245 g/mol. The summed E-state index contributed by atoms with van der Waals surface area (Å²) in [6.07, 6.45) is 2.25. The smallest absolute Gasteiger partial charge is 0.194 e. The summed E-state index contributed by atoms with van der Waals surface area (Å²) in [6, 6.07) is 1.40. The Labute approximate surface area is 103 Å². The van der Waals surface area contributed by atoms with Gasteiger partial charge in [0.25, 0.3) is 0 Å². The number of hydrogen-bond acceptors (Lipinski definition) is 3. The van der Waals surface area contributed by atoms with Crippen LogP contribution >= 0.6 is 0 Å². The van der Waals surface area contributed by atoms with Gasteiger partial charge in [-0.1, -0.05) is 6.07 Å². The Hall–Kier alpha value is -1.11. The maximum Gasteiger partial charge on any atom is 0.194 e. The summed E-state index contributed by atoms with van der Waals surface area (Å²) in [4.78, 5) is 0. The average molecular weight is 260 g/mol. The standard InChI is InChI=1S/C12H15F3N2O/c13-8-5-4-7(10(14)11(8)15)12(17-16)9-3-1-2-6-18-9/h4-5,9,12,17H,1-3,6,16H2. The molecule has 2 unspecified atom stereocenters. The van der Waals surface area contributed by atoms with E-state index in [-0.39, 0.29) is 11.7 Å². The van der Waals surface area contributed by atoms with Crippen LogP contribution in [0.3, 0.4) is 0 Å². The summed E-state index contributed by atoms with van der Waals surface area (Å²) in [7, 11) is 0. The van der Waals surface area contributed by atoms with Crippen LogP contribution in [0.25, 0.3) is 0 Å². The Morgan fingerprint density at radius 1 is 1.22 bits per heavy atom. The maximum absolute atomic E-state index is 13.7. The van der Waals surface area contributed by atoms with E-state index in [4.69, 9.17) is 10.6 Å². The zero-order valence-electron chi connectivity index (χ0n) is 9.76. The second kappa shape index (κ2) is 5.69. The largest absolute Gasteiger partial charge is 0.376 e. The van der Waals surface area contributed by atoms with Crippen molar-refractivity contribution >= 4 is 0 Å². The average Bonchev–Trinajstić information content (AvgIpc) is 2.41. The van der Waals surface area contributed by atoms with Crippen molar-refractivity contribution in [2.75, 3.05) is 6.61 Å². The molecule has 1 aromatic rings. The molecule has 3 N–H and O–H groups in total. The van der Waals surface area contributed by atoms with Gasteiger partial charge in [0.15, 0.2) is 17.5 Å². The number of ether oxygens (including phenoxy) is 1. The first kappa shape index (κ1) is 13.3. The molecule has 1 aliphatic rings. The fraction of sp³-hybridized carbons (Fsp3) is 0.500. The van der Waals surface area contributed by atoms with Crippen molar-refractivity contribution in [3.8, 4) is 0 Å². The van der Waals surface area contributed by atoms with Gasteiger partial charge in [-0.15, -0.1) is 0 Å². The monoisotopic (exact) mass is 260 g/mol. The number of benzene rings is 1. The summed E-state index contributed by atoms with van der Waals surface area (Å²) in [5.74, 6) is 1.47. The van der Waals surface area contributed by atoms with Gasteiger partial charge in [0.05, 0.1) is 12.1 Å². The molecule has 6 heteroatoms. The van der Waals surface area contributed by atoms with Crippen LogP contribution in [0.15, 0.2) is 12.1 Å². The van der Waals surface area contributed by atoms with Crippen LogP contribution in [0.5, 0.6) is 0 Å². The summed E-state index contributed by atoms with van der Waals surface area (Å²) < 4.78 is 45.2. The SMILES string of the molecule is NNC(c1ccc(F)c(F)c1F)C1CCCCO1. The highest BCUT2D eigenvalue weighted by atomic mass is 19.2. The van der Waals surface area contributed by atoms with Gasteiger partial charge in [0.2, 0.25) is 0 Å². The van der Waals surface area contributed by atoms with Gasteiger partial charge in [-0.25, -0.2) is 13.2 Å². The summed E-state index contributed by atoms with van der Waals surface area (Å²) in [6.45, 7) is 0.564. The first-order chi connectivity index (χ1) is 8.65. The zero-order chi connectivity index (χ0) is 13.1. The van der Waals surface area contributed by atoms with Gasteiger partial charge < -0.3 is 4.74 Å². The lowest BCUT2D eigenvalue weighted by molar-refractivity contribution is -0.00907. The number of halogens is 3.